The molecule has 0 fully saturated rings. The van der Waals surface area contributed by atoms with Crippen LogP contribution in [0.25, 0.3) is 0 Å². The van der Waals surface area contributed by atoms with Crippen molar-refractivity contribution in [3.05, 3.63) is 45.4 Å². The zero-order valence-electron chi connectivity index (χ0n) is 12.7. The molecule has 3 rings (SSSR count). The molecule has 1 aliphatic rings. The van der Waals surface area contributed by atoms with Gasteiger partial charge in [-0.05, 0) is 50.4 Å². The molecule has 1 heterocycles. The molecule has 3 nitrogen and oxygen atoms in total. The molecule has 0 aliphatic heterocycles. The highest BCUT2D eigenvalue weighted by Gasteiger charge is 2.21. The molecule has 0 saturated heterocycles. The van der Waals surface area contributed by atoms with Crippen LogP contribution in [0.3, 0.4) is 0 Å². The summed E-state index contributed by atoms with van der Waals surface area (Å²) in [5.41, 5.74) is 5.85. The summed E-state index contributed by atoms with van der Waals surface area (Å²) in [6, 6.07) is 6.93. The van der Waals surface area contributed by atoms with E-state index in [0.717, 1.165) is 30.9 Å². The van der Waals surface area contributed by atoms with Gasteiger partial charge < -0.3 is 10.1 Å². The Morgan fingerprint density at radius 2 is 2.33 bits per heavy atom. The van der Waals surface area contributed by atoms with Crippen LogP contribution in [0.2, 0.25) is 0 Å². The van der Waals surface area contributed by atoms with Crippen molar-refractivity contribution in [1.29, 1.82) is 0 Å². The Hall–Kier alpha value is -1.39. The van der Waals surface area contributed by atoms with Gasteiger partial charge in [0.1, 0.15) is 5.75 Å². The summed E-state index contributed by atoms with van der Waals surface area (Å²) in [5, 5.41) is 3.41. The second kappa shape index (κ2) is 6.58. The van der Waals surface area contributed by atoms with Crippen molar-refractivity contribution in [2.75, 3.05) is 13.7 Å². The minimum atomic E-state index is 0.473. The van der Waals surface area contributed by atoms with Crippen LogP contribution in [0, 0.1) is 6.92 Å². The first-order valence-electron chi connectivity index (χ1n) is 7.60. The van der Waals surface area contributed by atoms with Gasteiger partial charge in [-0.3, -0.25) is 0 Å². The zero-order chi connectivity index (χ0) is 14.7. The number of hydrogen-bond acceptors (Lipinski definition) is 4. The molecule has 21 heavy (non-hydrogen) atoms. The topological polar surface area (TPSA) is 34.1 Å². The molecule has 0 bridgehead atoms. The predicted molar refractivity (Wildman–Crippen MR) is 87.2 cm³/mol. The fraction of sp³-hybridized carbons (Fsp3) is 0.471. The molecular weight excluding hydrogens is 280 g/mol. The van der Waals surface area contributed by atoms with E-state index in [1.165, 1.54) is 28.8 Å². The third-order valence-corrected chi connectivity index (χ3v) is 5.24. The van der Waals surface area contributed by atoms with E-state index in [2.05, 4.69) is 35.4 Å². The van der Waals surface area contributed by atoms with E-state index in [-0.39, 0.29) is 0 Å². The summed E-state index contributed by atoms with van der Waals surface area (Å²) in [7, 11) is 2.04. The molecule has 1 aromatic carbocycles. The molecule has 0 radical (unpaired) electrons. The summed E-state index contributed by atoms with van der Waals surface area (Å²) in [4.78, 5) is 5.61. The van der Waals surface area contributed by atoms with Gasteiger partial charge >= 0.3 is 0 Å². The van der Waals surface area contributed by atoms with E-state index in [0.29, 0.717) is 6.04 Å². The number of hydrogen-bond donors (Lipinski definition) is 1. The minimum absolute atomic E-state index is 0.473. The molecule has 0 spiro atoms. The van der Waals surface area contributed by atoms with Gasteiger partial charge in [0.15, 0.2) is 0 Å². The number of rotatable bonds is 5. The molecule has 0 amide bonds. The SMILES string of the molecule is CNC1CCCc2c(OCCc3scnc3C)cccc21. The Kier molecular flexibility index (Phi) is 4.56. The Bertz CT molecular complexity index is 609. The van der Waals surface area contributed by atoms with Crippen molar-refractivity contribution in [2.24, 2.45) is 0 Å². The first-order valence-corrected chi connectivity index (χ1v) is 8.48. The van der Waals surface area contributed by atoms with E-state index < -0.39 is 0 Å². The smallest absolute Gasteiger partial charge is 0.122 e. The van der Waals surface area contributed by atoms with Gasteiger partial charge in [-0.15, -0.1) is 11.3 Å². The maximum atomic E-state index is 6.08. The highest BCUT2D eigenvalue weighted by Crippen LogP contribution is 2.35. The molecule has 1 aliphatic carbocycles. The number of aromatic nitrogens is 1. The molecule has 0 saturated carbocycles. The summed E-state index contributed by atoms with van der Waals surface area (Å²) in [6.07, 6.45) is 4.51. The van der Waals surface area contributed by atoms with Crippen LogP contribution in [0.4, 0.5) is 0 Å². The van der Waals surface area contributed by atoms with Crippen molar-refractivity contribution in [3.8, 4) is 5.75 Å². The summed E-state index contributed by atoms with van der Waals surface area (Å²) in [5.74, 6) is 1.06. The van der Waals surface area contributed by atoms with Gasteiger partial charge in [-0.25, -0.2) is 4.98 Å². The van der Waals surface area contributed by atoms with E-state index in [4.69, 9.17) is 4.74 Å². The molecular formula is C17H22N2OS. The van der Waals surface area contributed by atoms with Crippen molar-refractivity contribution >= 4 is 11.3 Å². The van der Waals surface area contributed by atoms with Gasteiger partial charge in [-0.1, -0.05) is 12.1 Å². The third kappa shape index (κ3) is 3.11. The summed E-state index contributed by atoms with van der Waals surface area (Å²) in [6.45, 7) is 2.79. The van der Waals surface area contributed by atoms with Crippen molar-refractivity contribution in [3.63, 3.8) is 0 Å². The maximum absolute atomic E-state index is 6.08. The Balaban J connectivity index is 1.70. The fourth-order valence-corrected chi connectivity index (χ4v) is 3.83. The zero-order valence-corrected chi connectivity index (χ0v) is 13.5. The van der Waals surface area contributed by atoms with Gasteiger partial charge in [0.05, 0.1) is 17.8 Å². The molecule has 1 N–H and O–H groups in total. The number of ether oxygens (including phenoxy) is 1. The van der Waals surface area contributed by atoms with Crippen LogP contribution >= 0.6 is 11.3 Å². The second-order valence-electron chi connectivity index (χ2n) is 5.52. The first-order chi connectivity index (χ1) is 10.3. The average molecular weight is 302 g/mol. The minimum Gasteiger partial charge on any atom is -0.493 e. The standard InChI is InChI=1S/C17H22N2OS/c1-12-17(21-11-19-12)9-10-20-16-8-4-5-13-14(16)6-3-7-15(13)18-2/h4-5,8,11,15,18H,3,6-7,9-10H2,1-2H3. The predicted octanol–water partition coefficient (Wildman–Crippen LogP) is 3.67. The fourth-order valence-electron chi connectivity index (χ4n) is 3.07. The number of fused-ring (bicyclic) bond motifs is 1. The van der Waals surface area contributed by atoms with Crippen LogP contribution in [-0.2, 0) is 12.8 Å². The monoisotopic (exact) mass is 302 g/mol. The maximum Gasteiger partial charge on any atom is 0.122 e. The van der Waals surface area contributed by atoms with Gasteiger partial charge in [0.25, 0.3) is 0 Å². The molecule has 1 unspecified atom stereocenters. The number of nitrogens with one attached hydrogen (secondary N) is 1. The number of benzene rings is 1. The largest absolute Gasteiger partial charge is 0.493 e. The van der Waals surface area contributed by atoms with Crippen LogP contribution in [0.1, 0.15) is 40.6 Å². The van der Waals surface area contributed by atoms with E-state index >= 15 is 0 Å². The molecule has 1 atom stereocenters. The molecule has 112 valence electrons. The van der Waals surface area contributed by atoms with E-state index in [1.807, 2.05) is 12.6 Å². The first kappa shape index (κ1) is 14.5. The van der Waals surface area contributed by atoms with Gasteiger partial charge in [-0.2, -0.15) is 0 Å². The van der Waals surface area contributed by atoms with Gasteiger partial charge in [0, 0.05) is 17.3 Å². The van der Waals surface area contributed by atoms with Crippen LogP contribution < -0.4 is 10.1 Å². The van der Waals surface area contributed by atoms with Crippen LogP contribution in [0.15, 0.2) is 23.7 Å². The average Bonchev–Trinajstić information content (AvgIpc) is 2.92. The second-order valence-corrected chi connectivity index (χ2v) is 6.46. The lowest BCUT2D eigenvalue weighted by Crippen LogP contribution is -2.22. The number of nitrogens with zero attached hydrogens (tertiary/aromatic N) is 1. The van der Waals surface area contributed by atoms with Crippen LogP contribution in [0.5, 0.6) is 5.75 Å². The Labute approximate surface area is 130 Å². The molecule has 1 aromatic heterocycles. The highest BCUT2D eigenvalue weighted by atomic mass is 32.1. The molecule has 2 aromatic rings. The van der Waals surface area contributed by atoms with E-state index in [1.54, 1.807) is 11.3 Å². The molecule has 4 heteroatoms. The Morgan fingerprint density at radius 3 is 3.10 bits per heavy atom. The summed E-state index contributed by atoms with van der Waals surface area (Å²) >= 11 is 1.72. The lowest BCUT2D eigenvalue weighted by atomic mass is 9.87. The van der Waals surface area contributed by atoms with Crippen molar-refractivity contribution in [1.82, 2.24) is 10.3 Å². The summed E-state index contributed by atoms with van der Waals surface area (Å²) < 4.78 is 6.08. The van der Waals surface area contributed by atoms with E-state index in [9.17, 15) is 0 Å². The van der Waals surface area contributed by atoms with Crippen molar-refractivity contribution in [2.45, 2.75) is 38.6 Å². The number of thiazole rings is 1. The number of aryl methyl sites for hydroxylation is 1. The lowest BCUT2D eigenvalue weighted by Gasteiger charge is -2.26. The van der Waals surface area contributed by atoms with Crippen LogP contribution in [-0.4, -0.2) is 18.6 Å². The highest BCUT2D eigenvalue weighted by molar-refractivity contribution is 7.09. The van der Waals surface area contributed by atoms with Crippen molar-refractivity contribution < 1.29 is 4.74 Å². The lowest BCUT2D eigenvalue weighted by molar-refractivity contribution is 0.315. The normalized spacial score (nSPS) is 17.5. The quantitative estimate of drug-likeness (QED) is 0.915. The van der Waals surface area contributed by atoms with Gasteiger partial charge in [0.2, 0.25) is 0 Å². The third-order valence-electron chi connectivity index (χ3n) is 4.24. The Morgan fingerprint density at radius 1 is 1.43 bits per heavy atom.